The highest BCUT2D eigenvalue weighted by atomic mass is 79.9. The summed E-state index contributed by atoms with van der Waals surface area (Å²) < 4.78 is 1.05. The van der Waals surface area contributed by atoms with Crippen LogP contribution in [0, 0.1) is 5.41 Å². The van der Waals surface area contributed by atoms with Gasteiger partial charge in [-0.2, -0.15) is 0 Å². The molecule has 1 aromatic rings. The Morgan fingerprint density at radius 2 is 1.70 bits per heavy atom. The summed E-state index contributed by atoms with van der Waals surface area (Å²) in [5.41, 5.74) is 0.0330. The summed E-state index contributed by atoms with van der Waals surface area (Å²) in [5, 5.41) is 3.13. The van der Waals surface area contributed by atoms with E-state index < -0.39 is 0 Å². The molecular weight excluding hydrogens is 334 g/mol. The Morgan fingerprint density at radius 1 is 1.15 bits per heavy atom. The Hall–Kier alpha value is -0.480. The van der Waals surface area contributed by atoms with Crippen molar-refractivity contribution in [3.8, 4) is 0 Å². The molecule has 0 fully saturated rings. The van der Waals surface area contributed by atoms with Crippen LogP contribution in [0.15, 0.2) is 33.6 Å². The number of benzene rings is 1. The van der Waals surface area contributed by atoms with Crippen molar-refractivity contribution >= 4 is 33.6 Å². The minimum absolute atomic E-state index is 0.0900. The van der Waals surface area contributed by atoms with Crippen molar-refractivity contribution in [1.29, 1.82) is 0 Å². The molecule has 1 rings (SSSR count). The Balaban J connectivity index is 2.45. The highest BCUT2D eigenvalue weighted by molar-refractivity contribution is 9.10. The average molecular weight is 358 g/mol. The van der Waals surface area contributed by atoms with Gasteiger partial charge in [-0.05, 0) is 49.9 Å². The molecule has 112 valence electrons. The molecule has 2 nitrogen and oxygen atoms in total. The summed E-state index contributed by atoms with van der Waals surface area (Å²) in [6, 6.07) is 8.01. The van der Waals surface area contributed by atoms with Crippen LogP contribution in [-0.2, 0) is 4.79 Å². The number of carbonyl (C=O) groups is 1. The van der Waals surface area contributed by atoms with Gasteiger partial charge in [0.25, 0.3) is 0 Å². The van der Waals surface area contributed by atoms with Gasteiger partial charge in [-0.25, -0.2) is 0 Å². The maximum Gasteiger partial charge on any atom is 0.230 e. The molecule has 0 radical (unpaired) electrons. The van der Waals surface area contributed by atoms with Gasteiger partial charge in [-0.3, -0.25) is 4.79 Å². The number of rotatable bonds is 5. The molecule has 1 aromatic carbocycles. The molecule has 0 unspecified atom stereocenters. The zero-order chi connectivity index (χ0) is 15.4. The van der Waals surface area contributed by atoms with Gasteiger partial charge >= 0.3 is 0 Å². The van der Waals surface area contributed by atoms with Crippen LogP contribution in [0.25, 0.3) is 0 Å². The highest BCUT2D eigenvalue weighted by Gasteiger charge is 2.26. The van der Waals surface area contributed by atoms with E-state index in [1.165, 1.54) is 0 Å². The van der Waals surface area contributed by atoms with Crippen LogP contribution >= 0.6 is 27.7 Å². The maximum atomic E-state index is 12.0. The summed E-state index contributed by atoms with van der Waals surface area (Å²) in [4.78, 5) is 13.2. The van der Waals surface area contributed by atoms with Crippen LogP contribution in [0.3, 0.4) is 0 Å². The van der Waals surface area contributed by atoms with Gasteiger partial charge in [-0.15, -0.1) is 11.8 Å². The third-order valence-corrected chi connectivity index (χ3v) is 4.17. The first-order valence-corrected chi connectivity index (χ1v) is 8.55. The number of hydrogen-bond donors (Lipinski definition) is 1. The third-order valence-electron chi connectivity index (χ3n) is 2.63. The second kappa shape index (κ2) is 6.99. The van der Waals surface area contributed by atoms with E-state index in [2.05, 4.69) is 55.9 Å². The molecule has 0 spiro atoms. The van der Waals surface area contributed by atoms with Crippen molar-refractivity contribution in [1.82, 2.24) is 5.32 Å². The van der Waals surface area contributed by atoms with Crippen LogP contribution in [0.2, 0.25) is 0 Å². The smallest absolute Gasteiger partial charge is 0.230 e. The van der Waals surface area contributed by atoms with Gasteiger partial charge in [-0.1, -0.05) is 36.7 Å². The van der Waals surface area contributed by atoms with Crippen molar-refractivity contribution in [3.05, 3.63) is 28.7 Å². The first-order chi connectivity index (χ1) is 9.07. The van der Waals surface area contributed by atoms with Gasteiger partial charge < -0.3 is 5.32 Å². The van der Waals surface area contributed by atoms with Crippen molar-refractivity contribution in [2.75, 3.05) is 5.75 Å². The number of nitrogens with one attached hydrogen (secondary N) is 1. The monoisotopic (exact) mass is 357 g/mol. The lowest BCUT2D eigenvalue weighted by Gasteiger charge is -2.33. The fourth-order valence-corrected chi connectivity index (χ4v) is 3.43. The quantitative estimate of drug-likeness (QED) is 0.761. The second-order valence-electron chi connectivity index (χ2n) is 6.91. The first kappa shape index (κ1) is 17.6. The minimum Gasteiger partial charge on any atom is -0.350 e. The molecule has 0 aliphatic carbocycles. The van der Waals surface area contributed by atoms with E-state index in [4.69, 9.17) is 0 Å². The molecule has 1 amide bonds. The lowest BCUT2D eigenvalue weighted by atomic mass is 9.82. The van der Waals surface area contributed by atoms with Crippen LogP contribution in [0.5, 0.6) is 0 Å². The number of amides is 1. The molecule has 0 aromatic heterocycles. The molecule has 0 saturated carbocycles. The molecule has 0 saturated heterocycles. The molecule has 0 aliphatic rings. The van der Waals surface area contributed by atoms with E-state index >= 15 is 0 Å². The zero-order valence-electron chi connectivity index (χ0n) is 12.9. The van der Waals surface area contributed by atoms with Gasteiger partial charge in [0.1, 0.15) is 0 Å². The zero-order valence-corrected chi connectivity index (χ0v) is 15.3. The maximum absolute atomic E-state index is 12.0. The summed E-state index contributed by atoms with van der Waals surface area (Å²) in [7, 11) is 0. The third kappa shape index (κ3) is 7.34. The summed E-state index contributed by atoms with van der Waals surface area (Å²) >= 11 is 4.97. The fourth-order valence-electron chi connectivity index (χ4n) is 2.46. The highest BCUT2D eigenvalue weighted by Crippen LogP contribution is 2.27. The number of thioether (sulfide) groups is 1. The number of halogens is 1. The van der Waals surface area contributed by atoms with Crippen molar-refractivity contribution in [2.24, 2.45) is 5.41 Å². The van der Waals surface area contributed by atoms with E-state index in [1.54, 1.807) is 11.8 Å². The predicted molar refractivity (Wildman–Crippen MR) is 91.2 cm³/mol. The largest absolute Gasteiger partial charge is 0.350 e. The average Bonchev–Trinajstić information content (AvgIpc) is 2.24. The molecule has 0 heterocycles. The molecule has 4 heteroatoms. The molecule has 0 aliphatic heterocycles. The first-order valence-electron chi connectivity index (χ1n) is 6.77. The Morgan fingerprint density at radius 3 is 2.20 bits per heavy atom. The molecule has 20 heavy (non-hydrogen) atoms. The van der Waals surface area contributed by atoms with Crippen LogP contribution in [0.4, 0.5) is 0 Å². The normalized spacial score (nSPS) is 12.3. The van der Waals surface area contributed by atoms with Crippen molar-refractivity contribution in [2.45, 2.75) is 51.5 Å². The van der Waals surface area contributed by atoms with Crippen LogP contribution in [0.1, 0.15) is 41.0 Å². The predicted octanol–water partition coefficient (Wildman–Crippen LogP) is 4.87. The SMILES string of the molecule is CC(C)(C)CC(C)(C)NC(=O)CSc1ccc(Br)cc1. The summed E-state index contributed by atoms with van der Waals surface area (Å²) in [6.07, 6.45) is 0.953. The fraction of sp³-hybridized carbons (Fsp3) is 0.562. The Kier molecular flexibility index (Phi) is 6.14. The summed E-state index contributed by atoms with van der Waals surface area (Å²) in [5.74, 6) is 0.544. The molecule has 1 N–H and O–H groups in total. The van der Waals surface area contributed by atoms with Crippen LogP contribution < -0.4 is 5.32 Å². The van der Waals surface area contributed by atoms with E-state index in [1.807, 2.05) is 24.3 Å². The van der Waals surface area contributed by atoms with Gasteiger partial charge in [0.05, 0.1) is 5.75 Å². The molecule has 0 atom stereocenters. The van der Waals surface area contributed by atoms with E-state index in [0.29, 0.717) is 5.75 Å². The standard InChI is InChI=1S/C16H24BrNOS/c1-15(2,3)11-16(4,5)18-14(19)10-20-13-8-6-12(17)7-9-13/h6-9H,10-11H2,1-5H3,(H,18,19). The van der Waals surface area contributed by atoms with Gasteiger partial charge in [0, 0.05) is 14.9 Å². The minimum atomic E-state index is -0.171. The topological polar surface area (TPSA) is 29.1 Å². The van der Waals surface area contributed by atoms with Crippen molar-refractivity contribution in [3.63, 3.8) is 0 Å². The van der Waals surface area contributed by atoms with Crippen LogP contribution in [-0.4, -0.2) is 17.2 Å². The molecular formula is C16H24BrNOS. The van der Waals surface area contributed by atoms with E-state index in [9.17, 15) is 4.79 Å². The molecule has 0 bridgehead atoms. The van der Waals surface area contributed by atoms with E-state index in [-0.39, 0.29) is 16.9 Å². The lowest BCUT2D eigenvalue weighted by molar-refractivity contribution is -0.120. The Bertz CT molecular complexity index is 449. The summed E-state index contributed by atoms with van der Waals surface area (Å²) in [6.45, 7) is 10.7. The van der Waals surface area contributed by atoms with Gasteiger partial charge in [0.15, 0.2) is 0 Å². The van der Waals surface area contributed by atoms with Gasteiger partial charge in [0.2, 0.25) is 5.91 Å². The lowest BCUT2D eigenvalue weighted by Crippen LogP contribution is -2.46. The second-order valence-corrected chi connectivity index (χ2v) is 8.88. The Labute approximate surface area is 135 Å². The number of carbonyl (C=O) groups excluding carboxylic acids is 1. The number of hydrogen-bond acceptors (Lipinski definition) is 2. The van der Waals surface area contributed by atoms with E-state index in [0.717, 1.165) is 15.8 Å². The van der Waals surface area contributed by atoms with Crippen molar-refractivity contribution < 1.29 is 4.79 Å².